The van der Waals surface area contributed by atoms with Crippen LogP contribution in [-0.2, 0) is 20.8 Å². The Bertz CT molecular complexity index is 724. The number of piperidine rings is 1. The van der Waals surface area contributed by atoms with E-state index in [4.69, 9.17) is 14.2 Å². The van der Waals surface area contributed by atoms with Crippen molar-refractivity contribution in [2.75, 3.05) is 26.8 Å². The van der Waals surface area contributed by atoms with Crippen LogP contribution < -0.4 is 5.32 Å². The molecule has 0 radical (unpaired) electrons. The van der Waals surface area contributed by atoms with Crippen molar-refractivity contribution >= 4 is 12.2 Å². The normalized spacial score (nSPS) is 19.9. The van der Waals surface area contributed by atoms with Gasteiger partial charge in [-0.3, -0.25) is 0 Å². The van der Waals surface area contributed by atoms with Crippen LogP contribution in [0.25, 0.3) is 0 Å². The van der Waals surface area contributed by atoms with Crippen LogP contribution in [0.4, 0.5) is 18.4 Å². The van der Waals surface area contributed by atoms with E-state index < -0.39 is 42.4 Å². The van der Waals surface area contributed by atoms with Gasteiger partial charge < -0.3 is 24.4 Å². The predicted octanol–water partition coefficient (Wildman–Crippen LogP) is 3.96. The number of nitrogens with one attached hydrogen (secondary N) is 1. The quantitative estimate of drug-likeness (QED) is 0.742. The average Bonchev–Trinajstić information content (AvgIpc) is 2.66. The van der Waals surface area contributed by atoms with Crippen LogP contribution in [0.5, 0.6) is 0 Å². The molecule has 0 bridgehead atoms. The molecular weight excluding hydrogens is 398 g/mol. The minimum absolute atomic E-state index is 0.0386. The van der Waals surface area contributed by atoms with Crippen LogP contribution in [0.15, 0.2) is 30.3 Å². The molecule has 1 aliphatic heterocycles. The maximum absolute atomic E-state index is 15.1. The molecule has 1 aliphatic rings. The predicted molar refractivity (Wildman–Crippen MR) is 106 cm³/mol. The highest BCUT2D eigenvalue weighted by Gasteiger charge is 2.57. The smallest absolute Gasteiger partial charge is 0.410 e. The first kappa shape index (κ1) is 23.9. The van der Waals surface area contributed by atoms with E-state index in [1.54, 1.807) is 45.0 Å². The summed E-state index contributed by atoms with van der Waals surface area (Å²) >= 11 is 0. The van der Waals surface area contributed by atoms with E-state index in [0.717, 1.165) is 12.7 Å². The summed E-state index contributed by atoms with van der Waals surface area (Å²) in [4.78, 5) is 26.1. The molecular formula is C21H30F2N2O5. The number of hydrogen-bond acceptors (Lipinski definition) is 5. The molecule has 1 aromatic carbocycles. The van der Waals surface area contributed by atoms with Crippen molar-refractivity contribution < 1.29 is 32.6 Å². The highest BCUT2D eigenvalue weighted by molar-refractivity contribution is 5.71. The molecule has 30 heavy (non-hydrogen) atoms. The van der Waals surface area contributed by atoms with Gasteiger partial charge in [0.15, 0.2) is 0 Å². The molecule has 0 spiro atoms. The van der Waals surface area contributed by atoms with Gasteiger partial charge in [-0.1, -0.05) is 30.3 Å². The van der Waals surface area contributed by atoms with Gasteiger partial charge >= 0.3 is 12.2 Å². The minimum Gasteiger partial charge on any atom is -0.445 e. The first-order valence-corrected chi connectivity index (χ1v) is 9.82. The summed E-state index contributed by atoms with van der Waals surface area (Å²) in [5.74, 6) is -3.44. The summed E-state index contributed by atoms with van der Waals surface area (Å²) in [5, 5.41) is 2.33. The molecule has 1 heterocycles. The zero-order valence-electron chi connectivity index (χ0n) is 17.9. The van der Waals surface area contributed by atoms with E-state index >= 15 is 8.78 Å². The Balaban J connectivity index is 2.16. The van der Waals surface area contributed by atoms with E-state index in [1.165, 1.54) is 4.90 Å². The Morgan fingerprint density at radius 1 is 1.20 bits per heavy atom. The Morgan fingerprint density at radius 2 is 1.87 bits per heavy atom. The van der Waals surface area contributed by atoms with Gasteiger partial charge in [-0.15, -0.1) is 0 Å². The fourth-order valence-electron chi connectivity index (χ4n) is 3.30. The van der Waals surface area contributed by atoms with Crippen LogP contribution in [-0.4, -0.2) is 61.0 Å². The molecule has 168 valence electrons. The minimum atomic E-state index is -3.44. The van der Waals surface area contributed by atoms with Crippen molar-refractivity contribution in [1.29, 1.82) is 0 Å². The second kappa shape index (κ2) is 9.59. The van der Waals surface area contributed by atoms with Gasteiger partial charge in [0.1, 0.15) is 24.4 Å². The lowest BCUT2D eigenvalue weighted by Gasteiger charge is -2.46. The van der Waals surface area contributed by atoms with Crippen molar-refractivity contribution in [3.8, 4) is 0 Å². The second-order valence-corrected chi connectivity index (χ2v) is 8.41. The molecule has 1 unspecified atom stereocenters. The van der Waals surface area contributed by atoms with E-state index in [0.29, 0.717) is 0 Å². The van der Waals surface area contributed by atoms with Gasteiger partial charge in [0, 0.05) is 13.7 Å². The fraction of sp³-hybridized carbons (Fsp3) is 0.619. The van der Waals surface area contributed by atoms with Crippen LogP contribution in [0.3, 0.4) is 0 Å². The summed E-state index contributed by atoms with van der Waals surface area (Å²) in [6, 6.07) is 8.90. The number of carbonyl (C=O) groups is 2. The zero-order chi connectivity index (χ0) is 22.4. The van der Waals surface area contributed by atoms with Crippen molar-refractivity contribution in [2.24, 2.45) is 0 Å². The lowest BCUT2D eigenvalue weighted by atomic mass is 9.83. The highest BCUT2D eigenvalue weighted by Crippen LogP contribution is 2.37. The average molecular weight is 428 g/mol. The maximum atomic E-state index is 15.1. The third kappa shape index (κ3) is 6.29. The first-order chi connectivity index (χ1) is 14.0. The van der Waals surface area contributed by atoms with Gasteiger partial charge in [0.25, 0.3) is 5.92 Å². The van der Waals surface area contributed by atoms with E-state index in [2.05, 4.69) is 5.32 Å². The summed E-state index contributed by atoms with van der Waals surface area (Å²) in [6.45, 7) is 3.95. The molecule has 1 N–H and O–H groups in total. The van der Waals surface area contributed by atoms with Crippen molar-refractivity contribution in [3.63, 3.8) is 0 Å². The van der Waals surface area contributed by atoms with Gasteiger partial charge in [-0.25, -0.2) is 18.4 Å². The summed E-state index contributed by atoms with van der Waals surface area (Å²) in [7, 11) is 1.16. The number of methoxy groups -OCH3 is 1. The Kier molecular flexibility index (Phi) is 7.63. The molecule has 9 heteroatoms. The first-order valence-electron chi connectivity index (χ1n) is 9.82. The third-order valence-electron chi connectivity index (χ3n) is 4.72. The lowest BCUT2D eigenvalue weighted by molar-refractivity contribution is -0.147. The molecule has 0 aromatic heterocycles. The molecule has 1 atom stereocenters. The Morgan fingerprint density at radius 3 is 2.47 bits per heavy atom. The second-order valence-electron chi connectivity index (χ2n) is 8.41. The van der Waals surface area contributed by atoms with Crippen LogP contribution in [0.1, 0.15) is 39.2 Å². The highest BCUT2D eigenvalue weighted by atomic mass is 19.3. The molecule has 0 aliphatic carbocycles. The number of benzene rings is 1. The standard InChI is InChI=1S/C21H30F2N2O5/c1-19(2,3)30-18(27)25-12-8-11-20(14-25,21(22,23)15-28-4)24-17(26)29-13-16-9-6-5-7-10-16/h5-7,9-10H,8,11-15H2,1-4H3,(H,24,26). The summed E-state index contributed by atoms with van der Waals surface area (Å²) in [5.41, 5.74) is -2.08. The molecule has 2 rings (SSSR count). The van der Waals surface area contributed by atoms with Crippen molar-refractivity contribution in [3.05, 3.63) is 35.9 Å². The van der Waals surface area contributed by atoms with Crippen LogP contribution >= 0.6 is 0 Å². The number of ether oxygens (including phenoxy) is 3. The monoisotopic (exact) mass is 428 g/mol. The largest absolute Gasteiger partial charge is 0.445 e. The topological polar surface area (TPSA) is 77.1 Å². The SMILES string of the molecule is COCC(F)(F)C1(NC(=O)OCc2ccccc2)CCCN(C(=O)OC(C)(C)C)C1. The van der Waals surface area contributed by atoms with Gasteiger partial charge in [0.2, 0.25) is 0 Å². The number of alkyl halides is 2. The van der Waals surface area contributed by atoms with Gasteiger partial charge in [0.05, 0.1) is 6.54 Å². The lowest BCUT2D eigenvalue weighted by Crippen LogP contribution is -2.69. The zero-order valence-corrected chi connectivity index (χ0v) is 17.9. The van der Waals surface area contributed by atoms with Crippen LogP contribution in [0, 0.1) is 0 Å². The number of rotatable bonds is 6. The van der Waals surface area contributed by atoms with Crippen molar-refractivity contribution in [1.82, 2.24) is 10.2 Å². The summed E-state index contributed by atoms with van der Waals surface area (Å²) in [6.07, 6.45) is -1.47. The van der Waals surface area contributed by atoms with Gasteiger partial charge in [-0.05, 0) is 39.2 Å². The molecule has 1 aromatic rings. The van der Waals surface area contributed by atoms with E-state index in [-0.39, 0.29) is 26.0 Å². The molecule has 2 amide bonds. The number of amides is 2. The molecule has 1 fully saturated rings. The maximum Gasteiger partial charge on any atom is 0.410 e. The van der Waals surface area contributed by atoms with Crippen molar-refractivity contribution in [2.45, 2.75) is 57.3 Å². The molecule has 0 saturated carbocycles. The number of hydrogen-bond donors (Lipinski definition) is 1. The third-order valence-corrected chi connectivity index (χ3v) is 4.72. The Labute approximate surface area is 175 Å². The van der Waals surface area contributed by atoms with E-state index in [9.17, 15) is 9.59 Å². The number of carbonyl (C=O) groups excluding carboxylic acids is 2. The molecule has 7 nitrogen and oxygen atoms in total. The van der Waals surface area contributed by atoms with E-state index in [1.807, 2.05) is 6.07 Å². The number of nitrogens with zero attached hydrogens (tertiary/aromatic N) is 1. The number of likely N-dealkylation sites (tertiary alicyclic amines) is 1. The molecule has 1 saturated heterocycles. The Hall–Kier alpha value is -2.42. The number of halogens is 2. The van der Waals surface area contributed by atoms with Crippen LogP contribution in [0.2, 0.25) is 0 Å². The number of alkyl carbamates (subject to hydrolysis) is 1. The fourth-order valence-corrected chi connectivity index (χ4v) is 3.30. The van der Waals surface area contributed by atoms with Gasteiger partial charge in [-0.2, -0.15) is 0 Å². The summed E-state index contributed by atoms with van der Waals surface area (Å²) < 4.78 is 45.3.